The normalized spacial score (nSPS) is 12.8. The standard InChI is InChI=1S/C12H23NO4/c1-6-8-12(3,4)9(10(14)17-7-2)13-11(15)16-5/h9H,6-8H2,1-5H3,(H,13,15). The molecule has 5 heteroatoms. The molecule has 0 aromatic carbocycles. The van der Waals surface area contributed by atoms with E-state index in [4.69, 9.17) is 4.74 Å². The maximum atomic E-state index is 11.8. The minimum absolute atomic E-state index is 0.292. The van der Waals surface area contributed by atoms with Crippen LogP contribution in [0.1, 0.15) is 40.5 Å². The van der Waals surface area contributed by atoms with Gasteiger partial charge in [-0.05, 0) is 18.8 Å². The van der Waals surface area contributed by atoms with Crippen LogP contribution in [-0.2, 0) is 14.3 Å². The molecule has 1 atom stereocenters. The van der Waals surface area contributed by atoms with Crippen LogP contribution in [0.25, 0.3) is 0 Å². The van der Waals surface area contributed by atoms with E-state index in [1.807, 2.05) is 20.8 Å². The Balaban J connectivity index is 4.82. The zero-order valence-electron chi connectivity index (χ0n) is 11.3. The Morgan fingerprint density at radius 2 is 1.88 bits per heavy atom. The Labute approximate surface area is 103 Å². The highest BCUT2D eigenvalue weighted by Crippen LogP contribution is 2.27. The lowest BCUT2D eigenvalue weighted by Crippen LogP contribution is -2.51. The average Bonchev–Trinajstić information content (AvgIpc) is 2.25. The molecule has 0 aliphatic heterocycles. The number of hydrogen-bond acceptors (Lipinski definition) is 4. The van der Waals surface area contributed by atoms with Gasteiger partial charge in [-0.25, -0.2) is 9.59 Å². The molecular weight excluding hydrogens is 222 g/mol. The van der Waals surface area contributed by atoms with Crippen molar-refractivity contribution in [2.24, 2.45) is 5.41 Å². The van der Waals surface area contributed by atoms with E-state index >= 15 is 0 Å². The average molecular weight is 245 g/mol. The van der Waals surface area contributed by atoms with E-state index in [0.717, 1.165) is 12.8 Å². The predicted molar refractivity (Wildman–Crippen MR) is 64.7 cm³/mol. The second kappa shape index (κ2) is 7.14. The number of alkyl carbamates (subject to hydrolysis) is 1. The van der Waals surface area contributed by atoms with Crippen molar-refractivity contribution in [3.05, 3.63) is 0 Å². The van der Waals surface area contributed by atoms with Crippen molar-refractivity contribution in [1.82, 2.24) is 5.32 Å². The molecule has 0 spiro atoms. The van der Waals surface area contributed by atoms with Crippen LogP contribution >= 0.6 is 0 Å². The molecule has 1 N–H and O–H groups in total. The number of ether oxygens (including phenoxy) is 2. The molecule has 5 nitrogen and oxygen atoms in total. The minimum atomic E-state index is -0.685. The van der Waals surface area contributed by atoms with E-state index in [9.17, 15) is 9.59 Å². The van der Waals surface area contributed by atoms with Gasteiger partial charge in [0.05, 0.1) is 13.7 Å². The summed E-state index contributed by atoms with van der Waals surface area (Å²) in [6.45, 7) is 7.91. The fraction of sp³-hybridized carbons (Fsp3) is 0.833. The molecule has 0 rings (SSSR count). The predicted octanol–water partition coefficient (Wildman–Crippen LogP) is 2.10. The number of hydrogen-bond donors (Lipinski definition) is 1. The van der Waals surface area contributed by atoms with Crippen LogP contribution in [0.5, 0.6) is 0 Å². The maximum absolute atomic E-state index is 11.8. The summed E-state index contributed by atoms with van der Waals surface area (Å²) in [6.07, 6.45) is 1.11. The lowest BCUT2D eigenvalue weighted by Gasteiger charge is -2.32. The highest BCUT2D eigenvalue weighted by molar-refractivity contribution is 5.82. The fourth-order valence-electron chi connectivity index (χ4n) is 1.76. The Morgan fingerprint density at radius 3 is 2.29 bits per heavy atom. The van der Waals surface area contributed by atoms with Crippen molar-refractivity contribution in [3.8, 4) is 0 Å². The largest absolute Gasteiger partial charge is 0.464 e. The summed E-state index contributed by atoms with van der Waals surface area (Å²) in [4.78, 5) is 23.1. The lowest BCUT2D eigenvalue weighted by atomic mass is 9.80. The van der Waals surface area contributed by atoms with Crippen LogP contribution in [0.15, 0.2) is 0 Å². The van der Waals surface area contributed by atoms with Gasteiger partial charge in [-0.15, -0.1) is 0 Å². The third kappa shape index (κ3) is 5.06. The summed E-state index contributed by atoms with van der Waals surface area (Å²) >= 11 is 0. The second-order valence-electron chi connectivity index (χ2n) is 4.56. The molecule has 17 heavy (non-hydrogen) atoms. The fourth-order valence-corrected chi connectivity index (χ4v) is 1.76. The second-order valence-corrected chi connectivity index (χ2v) is 4.56. The van der Waals surface area contributed by atoms with Crippen molar-refractivity contribution in [1.29, 1.82) is 0 Å². The summed E-state index contributed by atoms with van der Waals surface area (Å²) < 4.78 is 9.50. The van der Waals surface area contributed by atoms with Gasteiger partial charge in [0.2, 0.25) is 0 Å². The monoisotopic (exact) mass is 245 g/mol. The van der Waals surface area contributed by atoms with Gasteiger partial charge in [0.1, 0.15) is 6.04 Å². The highest BCUT2D eigenvalue weighted by Gasteiger charge is 2.37. The zero-order valence-corrected chi connectivity index (χ0v) is 11.3. The molecule has 0 saturated heterocycles. The van der Waals surface area contributed by atoms with Gasteiger partial charge in [-0.2, -0.15) is 0 Å². The van der Waals surface area contributed by atoms with E-state index in [1.165, 1.54) is 7.11 Å². The zero-order chi connectivity index (χ0) is 13.5. The van der Waals surface area contributed by atoms with Crippen LogP contribution in [0.4, 0.5) is 4.79 Å². The van der Waals surface area contributed by atoms with Crippen LogP contribution in [0, 0.1) is 5.41 Å². The van der Waals surface area contributed by atoms with Crippen molar-refractivity contribution >= 4 is 12.1 Å². The van der Waals surface area contributed by atoms with E-state index in [-0.39, 0.29) is 5.41 Å². The number of rotatable bonds is 6. The van der Waals surface area contributed by atoms with Gasteiger partial charge in [-0.1, -0.05) is 27.2 Å². The van der Waals surface area contributed by atoms with E-state index in [0.29, 0.717) is 6.61 Å². The van der Waals surface area contributed by atoms with Crippen molar-refractivity contribution in [2.45, 2.75) is 46.6 Å². The SMILES string of the molecule is CCCC(C)(C)C(NC(=O)OC)C(=O)OCC. The highest BCUT2D eigenvalue weighted by atomic mass is 16.5. The van der Waals surface area contributed by atoms with Crippen molar-refractivity contribution in [2.75, 3.05) is 13.7 Å². The van der Waals surface area contributed by atoms with Gasteiger partial charge in [0, 0.05) is 0 Å². The third-order valence-electron chi connectivity index (χ3n) is 2.65. The molecule has 0 aromatic heterocycles. The summed E-state index contributed by atoms with van der Waals surface area (Å²) in [7, 11) is 1.27. The topological polar surface area (TPSA) is 64.6 Å². The molecule has 0 fully saturated rings. The quantitative estimate of drug-likeness (QED) is 0.728. The van der Waals surface area contributed by atoms with Gasteiger partial charge >= 0.3 is 12.1 Å². The number of amides is 1. The Morgan fingerprint density at radius 1 is 1.29 bits per heavy atom. The summed E-state index contributed by atoms with van der Waals surface area (Å²) in [5.74, 6) is -0.420. The number of nitrogens with one attached hydrogen (secondary N) is 1. The lowest BCUT2D eigenvalue weighted by molar-refractivity contribution is -0.148. The van der Waals surface area contributed by atoms with E-state index < -0.39 is 18.1 Å². The van der Waals surface area contributed by atoms with Crippen molar-refractivity contribution < 1.29 is 19.1 Å². The summed E-state index contributed by atoms with van der Waals surface area (Å²) in [6, 6.07) is -0.685. The van der Waals surface area contributed by atoms with Crippen LogP contribution in [-0.4, -0.2) is 31.8 Å². The molecule has 1 unspecified atom stereocenters. The number of carbonyl (C=O) groups excluding carboxylic acids is 2. The van der Waals surface area contributed by atoms with E-state index in [1.54, 1.807) is 6.92 Å². The number of carbonyl (C=O) groups is 2. The summed E-state index contributed by atoms with van der Waals surface area (Å²) in [5.41, 5.74) is -0.366. The van der Waals surface area contributed by atoms with Gasteiger partial charge < -0.3 is 14.8 Å². The first-order valence-electron chi connectivity index (χ1n) is 5.90. The first-order chi connectivity index (χ1) is 7.88. The maximum Gasteiger partial charge on any atom is 0.407 e. The smallest absolute Gasteiger partial charge is 0.407 e. The molecule has 1 amide bonds. The van der Waals surface area contributed by atoms with Crippen LogP contribution < -0.4 is 5.32 Å². The van der Waals surface area contributed by atoms with Gasteiger partial charge in [0.25, 0.3) is 0 Å². The molecule has 0 aliphatic rings. The first-order valence-corrected chi connectivity index (χ1v) is 5.90. The minimum Gasteiger partial charge on any atom is -0.464 e. The van der Waals surface area contributed by atoms with E-state index in [2.05, 4.69) is 10.1 Å². The van der Waals surface area contributed by atoms with Crippen molar-refractivity contribution in [3.63, 3.8) is 0 Å². The third-order valence-corrected chi connectivity index (χ3v) is 2.65. The molecule has 0 heterocycles. The molecule has 0 bridgehead atoms. The van der Waals surface area contributed by atoms with Crippen LogP contribution in [0.2, 0.25) is 0 Å². The number of methoxy groups -OCH3 is 1. The first kappa shape index (κ1) is 15.7. The molecular formula is C12H23NO4. The molecule has 0 saturated carbocycles. The van der Waals surface area contributed by atoms with Crippen LogP contribution in [0.3, 0.4) is 0 Å². The Kier molecular flexibility index (Phi) is 6.61. The van der Waals surface area contributed by atoms with Gasteiger partial charge in [0.15, 0.2) is 0 Å². The molecule has 0 aromatic rings. The molecule has 0 radical (unpaired) electrons. The summed E-state index contributed by atoms with van der Waals surface area (Å²) in [5, 5.41) is 2.54. The number of esters is 1. The molecule has 100 valence electrons. The Hall–Kier alpha value is -1.26. The Bertz CT molecular complexity index is 263. The van der Waals surface area contributed by atoms with Gasteiger partial charge in [-0.3, -0.25) is 0 Å². The molecule has 0 aliphatic carbocycles.